The van der Waals surface area contributed by atoms with E-state index in [0.717, 1.165) is 24.5 Å². The van der Waals surface area contributed by atoms with Crippen molar-refractivity contribution in [1.82, 2.24) is 0 Å². The molecule has 8 heteroatoms. The molecule has 3 aromatic rings. The molecule has 32 heavy (non-hydrogen) atoms. The summed E-state index contributed by atoms with van der Waals surface area (Å²) in [5.74, 6) is -9.94. The van der Waals surface area contributed by atoms with Gasteiger partial charge in [0.05, 0.1) is 0 Å². The first-order valence-corrected chi connectivity index (χ1v) is 9.54. The van der Waals surface area contributed by atoms with Gasteiger partial charge in [0.2, 0.25) is 0 Å². The number of rotatable bonds is 7. The molecule has 0 aromatic heterocycles. The lowest BCUT2D eigenvalue weighted by Crippen LogP contribution is -2.24. The summed E-state index contributed by atoms with van der Waals surface area (Å²) in [4.78, 5) is 0. The molecular formula is C24H17F7O. The number of alkyl halides is 2. The van der Waals surface area contributed by atoms with E-state index in [2.05, 4.69) is 4.74 Å². The highest BCUT2D eigenvalue weighted by Crippen LogP contribution is 2.37. The van der Waals surface area contributed by atoms with Crippen LogP contribution in [0.25, 0.3) is 11.1 Å². The third-order valence-corrected chi connectivity index (χ3v) is 4.70. The van der Waals surface area contributed by atoms with Crippen LogP contribution in [0.15, 0.2) is 60.7 Å². The zero-order valence-electron chi connectivity index (χ0n) is 16.7. The third kappa shape index (κ3) is 4.95. The SMILES string of the molecule is CC=CCCc1ccc(-c2ccc(C(F)(F)Oc3cc(F)c(F)c(F)c3)c(F)c2F)cc1. The Morgan fingerprint density at radius 2 is 1.44 bits per heavy atom. The lowest BCUT2D eigenvalue weighted by Gasteiger charge is -2.20. The standard InChI is InChI=1S/C24H17F7O/c1-2-3-4-5-14-6-8-15(9-7-14)17-10-11-18(22(28)21(17)27)24(30,31)32-16-12-19(25)23(29)20(26)13-16/h2-3,6-13H,4-5H2,1H3. The van der Waals surface area contributed by atoms with E-state index in [-0.39, 0.29) is 23.3 Å². The molecule has 0 aliphatic carbocycles. The molecule has 3 rings (SSSR count). The number of allylic oxidation sites excluding steroid dienone is 2. The highest BCUT2D eigenvalue weighted by atomic mass is 19.3. The molecule has 0 fully saturated rings. The quantitative estimate of drug-likeness (QED) is 0.202. The van der Waals surface area contributed by atoms with Crippen LogP contribution in [-0.4, -0.2) is 0 Å². The van der Waals surface area contributed by atoms with Gasteiger partial charge in [-0.3, -0.25) is 0 Å². The van der Waals surface area contributed by atoms with E-state index >= 15 is 0 Å². The normalized spacial score (nSPS) is 11.9. The molecule has 1 nitrogen and oxygen atoms in total. The van der Waals surface area contributed by atoms with Crippen molar-refractivity contribution in [3.05, 3.63) is 101 Å². The van der Waals surface area contributed by atoms with Gasteiger partial charge in [0, 0.05) is 17.7 Å². The molecule has 0 aliphatic rings. The minimum absolute atomic E-state index is 0.173. The first kappa shape index (κ1) is 23.4. The van der Waals surface area contributed by atoms with Crippen molar-refractivity contribution >= 4 is 0 Å². The number of benzene rings is 3. The Balaban J connectivity index is 1.88. The van der Waals surface area contributed by atoms with Gasteiger partial charge < -0.3 is 4.74 Å². The average molecular weight is 454 g/mol. The molecule has 0 saturated carbocycles. The van der Waals surface area contributed by atoms with Gasteiger partial charge in [0.15, 0.2) is 29.1 Å². The van der Waals surface area contributed by atoms with Crippen LogP contribution in [-0.2, 0) is 12.5 Å². The van der Waals surface area contributed by atoms with Crippen LogP contribution < -0.4 is 4.74 Å². The predicted molar refractivity (Wildman–Crippen MR) is 106 cm³/mol. The van der Waals surface area contributed by atoms with Gasteiger partial charge in [0.1, 0.15) is 11.3 Å². The Kier molecular flexibility index (Phi) is 6.91. The van der Waals surface area contributed by atoms with Crippen LogP contribution in [0.4, 0.5) is 30.7 Å². The molecule has 0 saturated heterocycles. The van der Waals surface area contributed by atoms with E-state index in [9.17, 15) is 30.7 Å². The van der Waals surface area contributed by atoms with E-state index < -0.39 is 46.5 Å². The van der Waals surface area contributed by atoms with Crippen LogP contribution in [0.3, 0.4) is 0 Å². The van der Waals surface area contributed by atoms with Gasteiger partial charge in [-0.2, -0.15) is 8.78 Å². The summed E-state index contributed by atoms with van der Waals surface area (Å²) in [5, 5.41) is 0. The number of hydrogen-bond acceptors (Lipinski definition) is 1. The first-order valence-electron chi connectivity index (χ1n) is 9.54. The maximum absolute atomic E-state index is 14.6. The highest BCUT2D eigenvalue weighted by molar-refractivity contribution is 5.65. The molecule has 168 valence electrons. The Hall–Kier alpha value is -3.29. The Morgan fingerprint density at radius 1 is 0.812 bits per heavy atom. The van der Waals surface area contributed by atoms with E-state index in [1.54, 1.807) is 24.3 Å². The Bertz CT molecular complexity index is 1110. The average Bonchev–Trinajstić information content (AvgIpc) is 2.74. The third-order valence-electron chi connectivity index (χ3n) is 4.70. The van der Waals surface area contributed by atoms with Gasteiger partial charge in [0.25, 0.3) is 0 Å². The fraction of sp³-hybridized carbons (Fsp3) is 0.167. The zero-order valence-corrected chi connectivity index (χ0v) is 16.7. The van der Waals surface area contributed by atoms with Crippen molar-refractivity contribution in [2.24, 2.45) is 0 Å². The lowest BCUT2D eigenvalue weighted by atomic mass is 9.99. The van der Waals surface area contributed by atoms with E-state index in [1.807, 2.05) is 19.1 Å². The Labute approximate surface area is 179 Å². The molecule has 0 aliphatic heterocycles. The summed E-state index contributed by atoms with van der Waals surface area (Å²) in [6, 6.07) is 8.44. The lowest BCUT2D eigenvalue weighted by molar-refractivity contribution is -0.187. The topological polar surface area (TPSA) is 9.23 Å². The van der Waals surface area contributed by atoms with E-state index in [1.165, 1.54) is 0 Å². The van der Waals surface area contributed by atoms with Gasteiger partial charge in [-0.15, -0.1) is 0 Å². The second-order valence-corrected chi connectivity index (χ2v) is 6.91. The highest BCUT2D eigenvalue weighted by Gasteiger charge is 2.39. The minimum atomic E-state index is -4.49. The molecule has 0 N–H and O–H groups in total. The Morgan fingerprint density at radius 3 is 2.03 bits per heavy atom. The molecule has 0 radical (unpaired) electrons. The van der Waals surface area contributed by atoms with Crippen LogP contribution >= 0.6 is 0 Å². The number of hydrogen-bond donors (Lipinski definition) is 0. The largest absolute Gasteiger partial charge is 0.429 e. The second kappa shape index (κ2) is 9.46. The minimum Gasteiger partial charge on any atom is -0.429 e. The molecule has 0 spiro atoms. The monoisotopic (exact) mass is 454 g/mol. The number of aryl methyl sites for hydroxylation is 1. The van der Waals surface area contributed by atoms with Crippen LogP contribution in [0.2, 0.25) is 0 Å². The van der Waals surface area contributed by atoms with Gasteiger partial charge in [-0.05, 0) is 37.0 Å². The van der Waals surface area contributed by atoms with Gasteiger partial charge >= 0.3 is 6.11 Å². The van der Waals surface area contributed by atoms with Crippen molar-refractivity contribution in [1.29, 1.82) is 0 Å². The molecule has 0 atom stereocenters. The van der Waals surface area contributed by atoms with Gasteiger partial charge in [-0.25, -0.2) is 22.0 Å². The fourth-order valence-electron chi connectivity index (χ4n) is 3.06. The van der Waals surface area contributed by atoms with Crippen LogP contribution in [0.1, 0.15) is 24.5 Å². The van der Waals surface area contributed by atoms with Crippen LogP contribution in [0.5, 0.6) is 5.75 Å². The van der Waals surface area contributed by atoms with Gasteiger partial charge in [-0.1, -0.05) is 42.5 Å². The number of ether oxygens (including phenoxy) is 1. The van der Waals surface area contributed by atoms with Crippen molar-refractivity contribution < 1.29 is 35.5 Å². The number of halogens is 7. The maximum Gasteiger partial charge on any atom is 0.429 e. The molecule has 0 unspecified atom stereocenters. The fourth-order valence-corrected chi connectivity index (χ4v) is 3.06. The zero-order chi connectivity index (χ0) is 23.5. The molecule has 0 heterocycles. The van der Waals surface area contributed by atoms with E-state index in [4.69, 9.17) is 0 Å². The second-order valence-electron chi connectivity index (χ2n) is 6.91. The summed E-state index contributed by atoms with van der Waals surface area (Å²) < 4.78 is 102. The van der Waals surface area contributed by atoms with Crippen molar-refractivity contribution in [2.75, 3.05) is 0 Å². The van der Waals surface area contributed by atoms with Crippen molar-refractivity contribution in [3.63, 3.8) is 0 Å². The summed E-state index contributed by atoms with van der Waals surface area (Å²) in [6.45, 7) is 1.90. The molecular weight excluding hydrogens is 437 g/mol. The van der Waals surface area contributed by atoms with Crippen molar-refractivity contribution in [2.45, 2.75) is 25.9 Å². The summed E-state index contributed by atoms with van der Waals surface area (Å²) >= 11 is 0. The molecule has 3 aromatic carbocycles. The van der Waals surface area contributed by atoms with Crippen LogP contribution in [0, 0.1) is 29.1 Å². The van der Waals surface area contributed by atoms with E-state index in [0.29, 0.717) is 6.07 Å². The molecule has 0 amide bonds. The predicted octanol–water partition coefficient (Wildman–Crippen LogP) is 7.69. The van der Waals surface area contributed by atoms with Crippen molar-refractivity contribution in [3.8, 4) is 16.9 Å². The summed E-state index contributed by atoms with van der Waals surface area (Å²) in [5.41, 5.74) is -0.495. The summed E-state index contributed by atoms with van der Waals surface area (Å²) in [6.07, 6.45) is 0.963. The maximum atomic E-state index is 14.6. The smallest absolute Gasteiger partial charge is 0.429 e. The summed E-state index contributed by atoms with van der Waals surface area (Å²) in [7, 11) is 0. The first-order chi connectivity index (χ1) is 15.1. The molecule has 0 bridgehead atoms.